The highest BCUT2D eigenvalue weighted by Crippen LogP contribution is 2.32. The minimum Gasteiger partial charge on any atom is -0.438 e. The topological polar surface area (TPSA) is 35.0 Å². The van der Waals surface area contributed by atoms with E-state index in [1.54, 1.807) is 0 Å². The molecule has 0 aliphatic carbocycles. The quantitative estimate of drug-likeness (QED) is 0.727. The highest BCUT2D eigenvalue weighted by atomic mass is 79.9. The number of hydrogen-bond donors (Lipinski definition) is 0. The lowest BCUT2D eigenvalue weighted by atomic mass is 9.98. The van der Waals surface area contributed by atoms with Gasteiger partial charge in [-0.25, -0.2) is 9.97 Å². The summed E-state index contributed by atoms with van der Waals surface area (Å²) in [7, 11) is 0. The van der Waals surface area contributed by atoms with E-state index in [9.17, 15) is 0 Å². The van der Waals surface area contributed by atoms with E-state index in [2.05, 4.69) is 52.7 Å². The van der Waals surface area contributed by atoms with Crippen molar-refractivity contribution in [2.75, 3.05) is 0 Å². The Labute approximate surface area is 126 Å². The lowest BCUT2D eigenvalue weighted by Crippen LogP contribution is -1.95. The van der Waals surface area contributed by atoms with Crippen molar-refractivity contribution < 1.29 is 4.74 Å². The molecule has 19 heavy (non-hydrogen) atoms. The molecule has 5 heteroatoms. The van der Waals surface area contributed by atoms with Gasteiger partial charge in [-0.3, -0.25) is 0 Å². The zero-order chi connectivity index (χ0) is 14.0. The second-order valence-electron chi connectivity index (χ2n) is 4.56. The van der Waals surface area contributed by atoms with Crippen molar-refractivity contribution in [1.29, 1.82) is 0 Å². The molecule has 2 rings (SSSR count). The average molecular weight is 342 g/mol. The van der Waals surface area contributed by atoms with Crippen LogP contribution in [0.4, 0.5) is 0 Å². The van der Waals surface area contributed by atoms with Crippen molar-refractivity contribution in [2.24, 2.45) is 0 Å². The molecule has 0 radical (unpaired) electrons. The maximum atomic E-state index is 5.90. The highest BCUT2D eigenvalue weighted by molar-refractivity contribution is 9.10. The molecular formula is C14H14BrClN2O. The first-order chi connectivity index (χ1) is 8.99. The van der Waals surface area contributed by atoms with Crippen molar-refractivity contribution in [3.05, 3.63) is 45.3 Å². The first-order valence-electron chi connectivity index (χ1n) is 5.93. The lowest BCUT2D eigenvalue weighted by molar-refractivity contribution is 0.457. The minimum atomic E-state index is 0.334. The Morgan fingerprint density at radius 2 is 2.00 bits per heavy atom. The monoisotopic (exact) mass is 340 g/mol. The molecule has 0 saturated heterocycles. The standard InChI is InChI=1S/C14H14BrClN2O/c1-8(2)11-5-4-10(6-9(11)3)19-14-12(15)13(16)17-7-18-14/h4-8H,1-3H3. The van der Waals surface area contributed by atoms with Crippen LogP contribution >= 0.6 is 27.5 Å². The molecule has 1 aromatic heterocycles. The van der Waals surface area contributed by atoms with Gasteiger partial charge in [0.2, 0.25) is 5.88 Å². The van der Waals surface area contributed by atoms with Gasteiger partial charge in [0.05, 0.1) is 0 Å². The van der Waals surface area contributed by atoms with Crippen LogP contribution in [-0.2, 0) is 0 Å². The van der Waals surface area contributed by atoms with Crippen LogP contribution in [0.3, 0.4) is 0 Å². The lowest BCUT2D eigenvalue weighted by Gasteiger charge is -2.12. The molecule has 1 aromatic carbocycles. The second kappa shape index (κ2) is 5.88. The Bertz CT molecular complexity index is 602. The van der Waals surface area contributed by atoms with Crippen LogP contribution in [0, 0.1) is 6.92 Å². The first kappa shape index (κ1) is 14.3. The summed E-state index contributed by atoms with van der Waals surface area (Å²) < 4.78 is 6.28. The van der Waals surface area contributed by atoms with Crippen molar-refractivity contribution >= 4 is 27.5 Å². The van der Waals surface area contributed by atoms with E-state index in [4.69, 9.17) is 16.3 Å². The van der Waals surface area contributed by atoms with E-state index in [0.29, 0.717) is 21.4 Å². The summed E-state index contributed by atoms with van der Waals surface area (Å²) in [5, 5.41) is 0.334. The molecule has 0 bridgehead atoms. The van der Waals surface area contributed by atoms with Crippen LogP contribution in [0.1, 0.15) is 30.9 Å². The molecule has 2 aromatic rings. The Morgan fingerprint density at radius 1 is 1.26 bits per heavy atom. The Hall–Kier alpha value is -1.13. The number of hydrogen-bond acceptors (Lipinski definition) is 3. The predicted molar refractivity (Wildman–Crippen MR) is 80.1 cm³/mol. The molecule has 0 spiro atoms. The van der Waals surface area contributed by atoms with E-state index in [1.807, 2.05) is 12.1 Å². The summed E-state index contributed by atoms with van der Waals surface area (Å²) in [6, 6.07) is 6.01. The van der Waals surface area contributed by atoms with Gasteiger partial charge >= 0.3 is 0 Å². The van der Waals surface area contributed by atoms with E-state index in [-0.39, 0.29) is 0 Å². The molecule has 0 atom stereocenters. The van der Waals surface area contributed by atoms with Crippen LogP contribution in [0.25, 0.3) is 0 Å². The van der Waals surface area contributed by atoms with Crippen LogP contribution in [0.2, 0.25) is 5.15 Å². The molecule has 1 heterocycles. The van der Waals surface area contributed by atoms with Crippen molar-refractivity contribution in [2.45, 2.75) is 26.7 Å². The Balaban J connectivity index is 2.29. The number of aryl methyl sites for hydroxylation is 1. The summed E-state index contributed by atoms with van der Waals surface area (Å²) in [5.41, 5.74) is 2.51. The zero-order valence-corrected chi connectivity index (χ0v) is 13.3. The number of nitrogens with zero attached hydrogens (tertiary/aromatic N) is 2. The van der Waals surface area contributed by atoms with Crippen molar-refractivity contribution in [1.82, 2.24) is 9.97 Å². The largest absolute Gasteiger partial charge is 0.438 e. The summed E-state index contributed by atoms with van der Waals surface area (Å²) in [4.78, 5) is 7.92. The summed E-state index contributed by atoms with van der Waals surface area (Å²) in [6.45, 7) is 6.41. The van der Waals surface area contributed by atoms with Crippen LogP contribution < -0.4 is 4.74 Å². The van der Waals surface area contributed by atoms with Gasteiger partial charge in [0, 0.05) is 0 Å². The molecular weight excluding hydrogens is 328 g/mol. The van der Waals surface area contributed by atoms with Crippen LogP contribution in [-0.4, -0.2) is 9.97 Å². The number of halogens is 2. The third kappa shape index (κ3) is 3.25. The number of aromatic nitrogens is 2. The van der Waals surface area contributed by atoms with E-state index >= 15 is 0 Å². The molecule has 0 unspecified atom stereocenters. The van der Waals surface area contributed by atoms with E-state index in [1.165, 1.54) is 17.5 Å². The molecule has 0 aliphatic rings. The Morgan fingerprint density at radius 3 is 2.63 bits per heavy atom. The highest BCUT2D eigenvalue weighted by Gasteiger charge is 2.10. The summed E-state index contributed by atoms with van der Waals surface area (Å²) >= 11 is 9.21. The summed E-state index contributed by atoms with van der Waals surface area (Å²) in [6.07, 6.45) is 1.37. The fourth-order valence-electron chi connectivity index (χ4n) is 1.88. The van der Waals surface area contributed by atoms with E-state index in [0.717, 1.165) is 5.75 Å². The maximum Gasteiger partial charge on any atom is 0.238 e. The molecule has 0 N–H and O–H groups in total. The fraction of sp³-hybridized carbons (Fsp3) is 0.286. The molecule has 0 saturated carbocycles. The van der Waals surface area contributed by atoms with E-state index < -0.39 is 0 Å². The predicted octanol–water partition coefficient (Wildman–Crippen LogP) is 5.12. The fourth-order valence-corrected chi connectivity index (χ4v) is 2.29. The second-order valence-corrected chi connectivity index (χ2v) is 5.71. The van der Waals surface area contributed by atoms with Gasteiger partial charge < -0.3 is 4.74 Å². The zero-order valence-electron chi connectivity index (χ0n) is 10.9. The summed E-state index contributed by atoms with van der Waals surface area (Å²) in [5.74, 6) is 1.64. The van der Waals surface area contributed by atoms with Crippen molar-refractivity contribution in [3.8, 4) is 11.6 Å². The third-order valence-corrected chi connectivity index (χ3v) is 4.02. The maximum absolute atomic E-state index is 5.90. The van der Waals surface area contributed by atoms with Gasteiger partial charge in [0.15, 0.2) is 5.15 Å². The van der Waals surface area contributed by atoms with Gasteiger partial charge in [0.1, 0.15) is 16.5 Å². The molecule has 100 valence electrons. The first-order valence-corrected chi connectivity index (χ1v) is 7.10. The average Bonchev–Trinajstić information content (AvgIpc) is 2.34. The Kier molecular flexibility index (Phi) is 4.42. The molecule has 0 fully saturated rings. The normalized spacial score (nSPS) is 10.8. The molecule has 0 aliphatic heterocycles. The third-order valence-electron chi connectivity index (χ3n) is 2.79. The van der Waals surface area contributed by atoms with Gasteiger partial charge in [-0.1, -0.05) is 31.5 Å². The molecule has 0 amide bonds. The van der Waals surface area contributed by atoms with Crippen LogP contribution in [0.15, 0.2) is 29.0 Å². The molecule has 3 nitrogen and oxygen atoms in total. The van der Waals surface area contributed by atoms with Gasteiger partial charge in [0.25, 0.3) is 0 Å². The van der Waals surface area contributed by atoms with Crippen molar-refractivity contribution in [3.63, 3.8) is 0 Å². The van der Waals surface area contributed by atoms with Gasteiger partial charge in [-0.15, -0.1) is 0 Å². The SMILES string of the molecule is Cc1cc(Oc2ncnc(Cl)c2Br)ccc1C(C)C. The van der Waals surface area contributed by atoms with Gasteiger partial charge in [-0.05, 0) is 52.0 Å². The number of rotatable bonds is 3. The minimum absolute atomic E-state index is 0.334. The smallest absolute Gasteiger partial charge is 0.238 e. The number of benzene rings is 1. The van der Waals surface area contributed by atoms with Gasteiger partial charge in [-0.2, -0.15) is 0 Å². The van der Waals surface area contributed by atoms with Crippen LogP contribution in [0.5, 0.6) is 11.6 Å². The number of ether oxygens (including phenoxy) is 1.